The molecule has 1 aromatic heterocycles. The van der Waals surface area contributed by atoms with E-state index in [0.717, 1.165) is 18.8 Å². The molecule has 22 heavy (non-hydrogen) atoms. The van der Waals surface area contributed by atoms with Crippen LogP contribution in [0.2, 0.25) is 0 Å². The lowest BCUT2D eigenvalue weighted by molar-refractivity contribution is 0.0950. The van der Waals surface area contributed by atoms with Crippen LogP contribution in [-0.4, -0.2) is 33.6 Å². The highest BCUT2D eigenvalue weighted by atomic mass is 16.1. The van der Waals surface area contributed by atoms with Gasteiger partial charge in [0.05, 0.1) is 12.2 Å². The van der Waals surface area contributed by atoms with Gasteiger partial charge in [0.2, 0.25) is 0 Å². The van der Waals surface area contributed by atoms with E-state index >= 15 is 0 Å². The maximum absolute atomic E-state index is 12.1. The highest BCUT2D eigenvalue weighted by Gasteiger charge is 2.09. The lowest BCUT2D eigenvalue weighted by Crippen LogP contribution is -2.30. The van der Waals surface area contributed by atoms with Gasteiger partial charge in [-0.25, -0.2) is 0 Å². The van der Waals surface area contributed by atoms with Crippen molar-refractivity contribution in [2.45, 2.75) is 39.9 Å². The fraction of sp³-hybridized carbons (Fsp3) is 0.412. The monoisotopic (exact) mass is 300 g/mol. The van der Waals surface area contributed by atoms with Gasteiger partial charge in [0.1, 0.15) is 0 Å². The van der Waals surface area contributed by atoms with Gasteiger partial charge in [0, 0.05) is 24.3 Å². The first-order chi connectivity index (χ1) is 10.6. The van der Waals surface area contributed by atoms with E-state index in [1.807, 2.05) is 30.3 Å². The molecule has 2 aromatic rings. The van der Waals surface area contributed by atoms with Crippen LogP contribution in [0.4, 0.5) is 0 Å². The minimum Gasteiger partial charge on any atom is -0.346 e. The van der Waals surface area contributed by atoms with Crippen molar-refractivity contribution in [3.8, 4) is 0 Å². The van der Waals surface area contributed by atoms with Crippen LogP contribution in [-0.2, 0) is 13.1 Å². The van der Waals surface area contributed by atoms with E-state index in [1.54, 1.807) is 6.20 Å². The number of rotatable bonds is 7. The van der Waals surface area contributed by atoms with Crippen LogP contribution in [0.15, 0.2) is 36.5 Å². The zero-order valence-corrected chi connectivity index (χ0v) is 13.5. The van der Waals surface area contributed by atoms with Gasteiger partial charge in [-0.15, -0.1) is 0 Å². The van der Waals surface area contributed by atoms with Gasteiger partial charge in [-0.3, -0.25) is 14.8 Å². The molecule has 0 atom stereocenters. The number of aromatic nitrogens is 2. The van der Waals surface area contributed by atoms with Crippen molar-refractivity contribution in [2.75, 3.05) is 6.54 Å². The molecule has 2 rings (SSSR count). The standard InChI is InChI=1S/C17H24N4O/c1-4-21(13(2)3)12-14-5-7-15(8-6-14)17(22)18-11-16-9-10-19-20-16/h5-10,13H,4,11-12H2,1-3H3,(H,18,22)(H,19,20). The van der Waals surface area contributed by atoms with Crippen molar-refractivity contribution in [1.82, 2.24) is 20.4 Å². The van der Waals surface area contributed by atoms with Crippen molar-refractivity contribution in [3.05, 3.63) is 53.3 Å². The van der Waals surface area contributed by atoms with E-state index in [4.69, 9.17) is 0 Å². The Balaban J connectivity index is 1.91. The first-order valence-electron chi connectivity index (χ1n) is 7.69. The quantitative estimate of drug-likeness (QED) is 0.826. The third kappa shape index (κ3) is 4.43. The van der Waals surface area contributed by atoms with Crippen LogP contribution in [0, 0.1) is 0 Å². The van der Waals surface area contributed by atoms with E-state index in [1.165, 1.54) is 5.56 Å². The summed E-state index contributed by atoms with van der Waals surface area (Å²) in [5.41, 5.74) is 2.79. The summed E-state index contributed by atoms with van der Waals surface area (Å²) in [4.78, 5) is 14.5. The van der Waals surface area contributed by atoms with Crippen molar-refractivity contribution >= 4 is 5.91 Å². The molecular weight excluding hydrogens is 276 g/mol. The van der Waals surface area contributed by atoms with Crippen LogP contribution >= 0.6 is 0 Å². The number of carbonyl (C=O) groups excluding carboxylic acids is 1. The first kappa shape index (κ1) is 16.2. The second kappa shape index (κ2) is 7.75. The SMILES string of the molecule is CCN(Cc1ccc(C(=O)NCc2ccn[nH]2)cc1)C(C)C. The number of H-pyrrole nitrogens is 1. The maximum Gasteiger partial charge on any atom is 0.251 e. The lowest BCUT2D eigenvalue weighted by Gasteiger charge is -2.24. The van der Waals surface area contributed by atoms with Crippen LogP contribution < -0.4 is 5.32 Å². The van der Waals surface area contributed by atoms with E-state index in [0.29, 0.717) is 18.2 Å². The van der Waals surface area contributed by atoms with Crippen LogP contribution in [0.5, 0.6) is 0 Å². The number of hydrogen-bond acceptors (Lipinski definition) is 3. The van der Waals surface area contributed by atoms with Crippen molar-refractivity contribution in [1.29, 1.82) is 0 Å². The second-order valence-corrected chi connectivity index (χ2v) is 5.62. The fourth-order valence-corrected chi connectivity index (χ4v) is 2.32. The van der Waals surface area contributed by atoms with E-state index < -0.39 is 0 Å². The topological polar surface area (TPSA) is 61.0 Å². The fourth-order valence-electron chi connectivity index (χ4n) is 2.32. The predicted molar refractivity (Wildman–Crippen MR) is 87.4 cm³/mol. The minimum atomic E-state index is -0.0719. The number of nitrogens with zero attached hydrogens (tertiary/aromatic N) is 2. The van der Waals surface area contributed by atoms with E-state index in [-0.39, 0.29) is 5.91 Å². The summed E-state index contributed by atoms with van der Waals surface area (Å²) in [6.45, 7) is 8.94. The Hall–Kier alpha value is -2.14. The molecule has 1 amide bonds. The third-order valence-electron chi connectivity index (χ3n) is 3.74. The van der Waals surface area contributed by atoms with Gasteiger partial charge in [-0.2, -0.15) is 5.10 Å². The Bertz CT molecular complexity index is 575. The zero-order valence-electron chi connectivity index (χ0n) is 13.5. The van der Waals surface area contributed by atoms with Gasteiger partial charge in [-0.05, 0) is 44.2 Å². The highest BCUT2D eigenvalue weighted by molar-refractivity contribution is 5.94. The normalized spacial score (nSPS) is 11.1. The van der Waals surface area contributed by atoms with Gasteiger partial charge >= 0.3 is 0 Å². The van der Waals surface area contributed by atoms with Crippen molar-refractivity contribution in [3.63, 3.8) is 0 Å². The number of hydrogen-bond donors (Lipinski definition) is 2. The smallest absolute Gasteiger partial charge is 0.251 e. The first-order valence-corrected chi connectivity index (χ1v) is 7.69. The molecule has 0 spiro atoms. The number of amides is 1. The molecule has 0 bridgehead atoms. The van der Waals surface area contributed by atoms with Gasteiger partial charge in [0.15, 0.2) is 0 Å². The molecule has 0 aliphatic rings. The number of aromatic amines is 1. The Labute approximate surface area is 131 Å². The molecule has 1 heterocycles. The Morgan fingerprint density at radius 1 is 1.27 bits per heavy atom. The highest BCUT2D eigenvalue weighted by Crippen LogP contribution is 2.10. The molecule has 118 valence electrons. The molecule has 0 aliphatic heterocycles. The molecule has 2 N–H and O–H groups in total. The molecule has 0 radical (unpaired) electrons. The van der Waals surface area contributed by atoms with Crippen molar-refractivity contribution < 1.29 is 4.79 Å². The molecule has 0 saturated heterocycles. The molecule has 0 fully saturated rings. The average molecular weight is 300 g/mol. The molecular formula is C17H24N4O. The number of carbonyl (C=O) groups is 1. The summed E-state index contributed by atoms with van der Waals surface area (Å²) < 4.78 is 0. The van der Waals surface area contributed by atoms with Crippen LogP contribution in [0.1, 0.15) is 42.4 Å². The maximum atomic E-state index is 12.1. The molecule has 0 unspecified atom stereocenters. The van der Waals surface area contributed by atoms with Crippen LogP contribution in [0.25, 0.3) is 0 Å². The zero-order chi connectivity index (χ0) is 15.9. The molecule has 0 saturated carbocycles. The summed E-state index contributed by atoms with van der Waals surface area (Å²) in [7, 11) is 0. The van der Waals surface area contributed by atoms with Crippen LogP contribution in [0.3, 0.4) is 0 Å². The van der Waals surface area contributed by atoms with Gasteiger partial charge in [-0.1, -0.05) is 19.1 Å². The summed E-state index contributed by atoms with van der Waals surface area (Å²) in [6, 6.07) is 10.2. The van der Waals surface area contributed by atoms with Gasteiger partial charge < -0.3 is 5.32 Å². The van der Waals surface area contributed by atoms with E-state index in [9.17, 15) is 4.79 Å². The predicted octanol–water partition coefficient (Wildman–Crippen LogP) is 2.57. The molecule has 5 nitrogen and oxygen atoms in total. The number of nitrogens with one attached hydrogen (secondary N) is 2. The molecule has 0 aliphatic carbocycles. The number of benzene rings is 1. The largest absolute Gasteiger partial charge is 0.346 e. The van der Waals surface area contributed by atoms with Crippen molar-refractivity contribution in [2.24, 2.45) is 0 Å². The summed E-state index contributed by atoms with van der Waals surface area (Å²) in [6.07, 6.45) is 1.67. The summed E-state index contributed by atoms with van der Waals surface area (Å²) >= 11 is 0. The molecule has 5 heteroatoms. The average Bonchev–Trinajstić information content (AvgIpc) is 3.04. The lowest BCUT2D eigenvalue weighted by atomic mass is 10.1. The Kier molecular flexibility index (Phi) is 5.72. The summed E-state index contributed by atoms with van der Waals surface area (Å²) in [5.74, 6) is -0.0719. The molecule has 1 aromatic carbocycles. The Morgan fingerprint density at radius 2 is 2.00 bits per heavy atom. The van der Waals surface area contributed by atoms with E-state index in [2.05, 4.69) is 41.2 Å². The summed E-state index contributed by atoms with van der Waals surface area (Å²) in [5, 5.41) is 9.55. The van der Waals surface area contributed by atoms with Gasteiger partial charge in [0.25, 0.3) is 5.91 Å². The second-order valence-electron chi connectivity index (χ2n) is 5.62. The minimum absolute atomic E-state index is 0.0719. The Morgan fingerprint density at radius 3 is 2.55 bits per heavy atom. The third-order valence-corrected chi connectivity index (χ3v) is 3.74.